The second-order valence-corrected chi connectivity index (χ2v) is 4.33. The summed E-state index contributed by atoms with van der Waals surface area (Å²) in [5.74, 6) is 0. The average Bonchev–Trinajstić information content (AvgIpc) is 2.29. The summed E-state index contributed by atoms with van der Waals surface area (Å²) in [5.41, 5.74) is 0.546. The number of aromatic amines is 1. The minimum Gasteiger partial charge on any atom is -0.391 e. The molecule has 0 aliphatic heterocycles. The molecule has 2 atom stereocenters. The van der Waals surface area contributed by atoms with E-state index in [0.717, 1.165) is 31.4 Å². The van der Waals surface area contributed by atoms with Crippen molar-refractivity contribution in [3.05, 3.63) is 22.6 Å². The van der Waals surface area contributed by atoms with E-state index in [1.54, 1.807) is 6.20 Å². The van der Waals surface area contributed by atoms with Gasteiger partial charge in [-0.05, 0) is 12.8 Å². The minimum atomic E-state index is -0.307. The van der Waals surface area contributed by atoms with Crippen LogP contribution in [0.25, 0.3) is 0 Å². The Hall–Kier alpha value is -1.36. The van der Waals surface area contributed by atoms with E-state index in [-0.39, 0.29) is 17.7 Å². The van der Waals surface area contributed by atoms with Gasteiger partial charge in [0.05, 0.1) is 24.0 Å². The van der Waals surface area contributed by atoms with Gasteiger partial charge in [0.15, 0.2) is 0 Å². The van der Waals surface area contributed by atoms with Crippen LogP contribution in [0.2, 0.25) is 0 Å². The summed E-state index contributed by atoms with van der Waals surface area (Å²) in [4.78, 5) is 13.1. The highest BCUT2D eigenvalue weighted by Gasteiger charge is 2.26. The zero-order valence-corrected chi connectivity index (χ0v) is 9.39. The maximum Gasteiger partial charge on any atom is 0.266 e. The monoisotopic (exact) mass is 223 g/mol. The third kappa shape index (κ3) is 2.24. The number of aliphatic hydroxyl groups is 1. The van der Waals surface area contributed by atoms with Gasteiger partial charge in [0.2, 0.25) is 0 Å². The number of likely N-dealkylation sites (N-methyl/N-ethyl adjacent to an activating group) is 1. The van der Waals surface area contributed by atoms with E-state index in [9.17, 15) is 9.90 Å². The third-order valence-corrected chi connectivity index (χ3v) is 3.25. The first kappa shape index (κ1) is 11.1. The molecule has 1 aromatic rings. The van der Waals surface area contributed by atoms with Crippen molar-refractivity contribution >= 4 is 5.69 Å². The Balaban J connectivity index is 2.17. The maximum atomic E-state index is 11.2. The van der Waals surface area contributed by atoms with E-state index >= 15 is 0 Å². The van der Waals surface area contributed by atoms with Gasteiger partial charge in [-0.2, -0.15) is 5.10 Å². The normalized spacial score (nSPS) is 25.4. The molecule has 0 aromatic carbocycles. The van der Waals surface area contributed by atoms with Gasteiger partial charge < -0.3 is 10.0 Å². The van der Waals surface area contributed by atoms with Crippen molar-refractivity contribution in [3.8, 4) is 0 Å². The number of hydrogen-bond donors (Lipinski definition) is 2. The molecule has 16 heavy (non-hydrogen) atoms. The van der Waals surface area contributed by atoms with Gasteiger partial charge in [-0.15, -0.1) is 0 Å². The highest BCUT2D eigenvalue weighted by Crippen LogP contribution is 2.25. The lowest BCUT2D eigenvalue weighted by molar-refractivity contribution is 0.106. The van der Waals surface area contributed by atoms with Gasteiger partial charge in [0.1, 0.15) is 0 Å². The lowest BCUT2D eigenvalue weighted by atomic mass is 9.91. The van der Waals surface area contributed by atoms with E-state index in [2.05, 4.69) is 10.2 Å². The molecular weight excluding hydrogens is 206 g/mol. The Labute approximate surface area is 94.1 Å². The lowest BCUT2D eigenvalue weighted by Crippen LogP contribution is -2.43. The molecule has 1 aliphatic carbocycles. The topological polar surface area (TPSA) is 69.2 Å². The molecule has 1 saturated carbocycles. The predicted octanol–water partition coefficient (Wildman–Crippen LogP) is 0.510. The van der Waals surface area contributed by atoms with Crippen LogP contribution in [0.3, 0.4) is 0 Å². The number of aliphatic hydroxyl groups excluding tert-OH is 1. The summed E-state index contributed by atoms with van der Waals surface area (Å²) < 4.78 is 0. The first-order valence-corrected chi connectivity index (χ1v) is 5.64. The first-order valence-electron chi connectivity index (χ1n) is 5.64. The van der Waals surface area contributed by atoms with Crippen LogP contribution in [-0.2, 0) is 0 Å². The third-order valence-electron chi connectivity index (χ3n) is 3.25. The zero-order chi connectivity index (χ0) is 11.5. The number of anilines is 1. The van der Waals surface area contributed by atoms with E-state index in [1.165, 1.54) is 6.07 Å². The van der Waals surface area contributed by atoms with Gasteiger partial charge in [-0.3, -0.25) is 4.79 Å². The molecule has 0 radical (unpaired) electrons. The number of nitrogens with one attached hydrogen (secondary N) is 1. The molecule has 0 saturated heterocycles. The van der Waals surface area contributed by atoms with Gasteiger partial charge >= 0.3 is 0 Å². The lowest BCUT2D eigenvalue weighted by Gasteiger charge is -2.36. The van der Waals surface area contributed by atoms with Crippen LogP contribution in [0, 0.1) is 0 Å². The van der Waals surface area contributed by atoms with Gasteiger partial charge in [-0.25, -0.2) is 5.10 Å². The van der Waals surface area contributed by atoms with Crippen LogP contribution >= 0.6 is 0 Å². The quantitative estimate of drug-likeness (QED) is 0.766. The molecule has 1 aromatic heterocycles. The number of rotatable bonds is 2. The zero-order valence-electron chi connectivity index (χ0n) is 9.39. The van der Waals surface area contributed by atoms with Gasteiger partial charge in [-0.1, -0.05) is 12.8 Å². The number of hydrogen-bond acceptors (Lipinski definition) is 4. The van der Waals surface area contributed by atoms with Crippen LogP contribution in [0.1, 0.15) is 25.7 Å². The number of H-pyrrole nitrogens is 1. The van der Waals surface area contributed by atoms with Crippen LogP contribution < -0.4 is 10.5 Å². The van der Waals surface area contributed by atoms with Crippen molar-refractivity contribution < 1.29 is 5.11 Å². The summed E-state index contributed by atoms with van der Waals surface area (Å²) in [5, 5.41) is 16.0. The van der Waals surface area contributed by atoms with E-state index in [0.29, 0.717) is 0 Å². The molecule has 0 bridgehead atoms. The minimum absolute atomic E-state index is 0.0948. The number of nitrogens with zero attached hydrogens (tertiary/aromatic N) is 2. The van der Waals surface area contributed by atoms with Crippen molar-refractivity contribution in [2.75, 3.05) is 11.9 Å². The fraction of sp³-hybridized carbons (Fsp3) is 0.636. The first-order chi connectivity index (χ1) is 7.68. The molecule has 0 spiro atoms. The largest absolute Gasteiger partial charge is 0.391 e. The maximum absolute atomic E-state index is 11.2. The summed E-state index contributed by atoms with van der Waals surface area (Å²) in [6.45, 7) is 0. The molecule has 5 heteroatoms. The molecule has 1 fully saturated rings. The van der Waals surface area contributed by atoms with Crippen molar-refractivity contribution in [1.29, 1.82) is 0 Å². The Morgan fingerprint density at radius 3 is 2.94 bits per heavy atom. The standard InChI is InChI=1S/C11H17N3O2/c1-14(8-6-11(16)13-12-7-8)9-4-2-3-5-10(9)15/h6-7,9-10,15H,2-5H2,1H3,(H,13,16). The molecule has 2 rings (SSSR count). The molecule has 1 aliphatic rings. The van der Waals surface area contributed by atoms with Crippen LogP contribution in [-0.4, -0.2) is 34.5 Å². The van der Waals surface area contributed by atoms with Crippen molar-refractivity contribution in [2.45, 2.75) is 37.8 Å². The van der Waals surface area contributed by atoms with Crippen molar-refractivity contribution in [2.24, 2.45) is 0 Å². The highest BCUT2D eigenvalue weighted by atomic mass is 16.3. The molecule has 2 unspecified atom stereocenters. The summed E-state index contributed by atoms with van der Waals surface area (Å²) >= 11 is 0. The SMILES string of the molecule is CN(c1cn[nH]c(=O)c1)C1CCCCC1O. The van der Waals surface area contributed by atoms with Crippen LogP contribution in [0.15, 0.2) is 17.1 Å². The summed E-state index contributed by atoms with van der Waals surface area (Å²) in [6.07, 6.45) is 5.32. The average molecular weight is 223 g/mol. The Bertz CT molecular complexity index is 404. The Morgan fingerprint density at radius 1 is 1.50 bits per heavy atom. The van der Waals surface area contributed by atoms with Crippen molar-refractivity contribution in [1.82, 2.24) is 10.2 Å². The van der Waals surface area contributed by atoms with Gasteiger partial charge in [0, 0.05) is 13.1 Å². The smallest absolute Gasteiger partial charge is 0.266 e. The van der Waals surface area contributed by atoms with E-state index in [4.69, 9.17) is 0 Å². The predicted molar refractivity (Wildman–Crippen MR) is 61.5 cm³/mol. The Morgan fingerprint density at radius 2 is 2.25 bits per heavy atom. The molecule has 1 heterocycles. The molecular formula is C11H17N3O2. The summed E-state index contributed by atoms with van der Waals surface area (Å²) in [7, 11) is 1.90. The fourth-order valence-electron chi connectivity index (χ4n) is 2.29. The van der Waals surface area contributed by atoms with Crippen LogP contribution in [0.5, 0.6) is 0 Å². The molecule has 88 valence electrons. The van der Waals surface area contributed by atoms with Crippen molar-refractivity contribution in [3.63, 3.8) is 0 Å². The number of aromatic nitrogens is 2. The summed E-state index contributed by atoms with van der Waals surface area (Å²) in [6, 6.07) is 1.60. The second-order valence-electron chi connectivity index (χ2n) is 4.33. The second kappa shape index (κ2) is 4.65. The van der Waals surface area contributed by atoms with E-state index < -0.39 is 0 Å². The van der Waals surface area contributed by atoms with Gasteiger partial charge in [0.25, 0.3) is 5.56 Å². The Kier molecular flexibility index (Phi) is 3.24. The van der Waals surface area contributed by atoms with Crippen LogP contribution in [0.4, 0.5) is 5.69 Å². The molecule has 0 amide bonds. The fourth-order valence-corrected chi connectivity index (χ4v) is 2.29. The van der Waals surface area contributed by atoms with E-state index in [1.807, 2.05) is 11.9 Å². The molecule has 5 nitrogen and oxygen atoms in total. The molecule has 2 N–H and O–H groups in total. The highest BCUT2D eigenvalue weighted by molar-refractivity contribution is 5.43.